The van der Waals surface area contributed by atoms with Crippen LogP contribution < -0.4 is 5.32 Å². The number of hydrogen-bond acceptors (Lipinski definition) is 3. The lowest BCUT2D eigenvalue weighted by Gasteiger charge is -2.31. The number of piperidine rings is 1. The van der Waals surface area contributed by atoms with Gasteiger partial charge in [-0.3, -0.25) is 9.69 Å². The first-order valence-electron chi connectivity index (χ1n) is 11.5. The maximum absolute atomic E-state index is 12.6. The molecule has 0 bridgehead atoms. The Kier molecular flexibility index (Phi) is 6.51. The van der Waals surface area contributed by atoms with Gasteiger partial charge in [0.1, 0.15) is 5.76 Å². The van der Waals surface area contributed by atoms with E-state index in [9.17, 15) is 4.79 Å². The molecule has 1 amide bonds. The van der Waals surface area contributed by atoms with Gasteiger partial charge in [-0.15, -0.1) is 0 Å². The summed E-state index contributed by atoms with van der Waals surface area (Å²) < 4.78 is 7.70. The Balaban J connectivity index is 1.24. The van der Waals surface area contributed by atoms with Crippen LogP contribution in [-0.4, -0.2) is 28.5 Å². The van der Waals surface area contributed by atoms with Crippen molar-refractivity contribution in [3.05, 3.63) is 95.0 Å². The number of carbonyl (C=O) groups excluding carboxylic acids is 1. The highest BCUT2D eigenvalue weighted by Gasteiger charge is 2.25. The number of likely N-dealkylation sites (tertiary alicyclic amines) is 1. The highest BCUT2D eigenvalue weighted by Crippen LogP contribution is 2.25. The molecule has 0 unspecified atom stereocenters. The number of carbonyl (C=O) groups is 1. The summed E-state index contributed by atoms with van der Waals surface area (Å²) in [6.45, 7) is 3.94. The molecule has 170 valence electrons. The summed E-state index contributed by atoms with van der Waals surface area (Å²) in [6, 6.07) is 22.6. The average molecular weight is 462 g/mol. The Morgan fingerprint density at radius 1 is 1.00 bits per heavy atom. The molecule has 1 aliphatic rings. The second-order valence-electron chi connectivity index (χ2n) is 8.76. The first-order chi connectivity index (χ1) is 16.2. The zero-order chi connectivity index (χ0) is 22.6. The summed E-state index contributed by atoms with van der Waals surface area (Å²) in [7, 11) is 0. The first-order valence-corrected chi connectivity index (χ1v) is 11.9. The lowest BCUT2D eigenvalue weighted by Crippen LogP contribution is -2.40. The van der Waals surface area contributed by atoms with Crippen LogP contribution in [0.3, 0.4) is 0 Å². The van der Waals surface area contributed by atoms with Gasteiger partial charge in [0.2, 0.25) is 5.91 Å². The van der Waals surface area contributed by atoms with E-state index in [-0.39, 0.29) is 11.8 Å². The third-order valence-corrected chi connectivity index (χ3v) is 6.72. The van der Waals surface area contributed by atoms with Crippen molar-refractivity contribution in [2.45, 2.75) is 32.5 Å². The fourth-order valence-electron chi connectivity index (χ4n) is 4.72. The molecule has 2 aromatic carbocycles. The van der Waals surface area contributed by atoms with Gasteiger partial charge in [0.15, 0.2) is 0 Å². The van der Waals surface area contributed by atoms with Crippen LogP contribution in [0.15, 0.2) is 77.4 Å². The predicted molar refractivity (Wildman–Crippen MR) is 131 cm³/mol. The van der Waals surface area contributed by atoms with E-state index in [4.69, 9.17) is 16.0 Å². The number of aromatic nitrogens is 1. The molecule has 5 nitrogen and oxygen atoms in total. The number of fused-ring (bicyclic) bond motifs is 1. The lowest BCUT2D eigenvalue weighted by molar-refractivity contribution is -0.126. The fraction of sp³-hybridized carbons (Fsp3) is 0.296. The summed E-state index contributed by atoms with van der Waals surface area (Å²) in [4.78, 5) is 15.0. The third-order valence-electron chi connectivity index (χ3n) is 6.49. The minimum Gasteiger partial charge on any atom is -0.467 e. The molecule has 1 fully saturated rings. The molecule has 3 heterocycles. The molecule has 0 aliphatic carbocycles. The van der Waals surface area contributed by atoms with Gasteiger partial charge < -0.3 is 14.3 Å². The molecule has 6 heteroatoms. The molecule has 0 saturated carbocycles. The van der Waals surface area contributed by atoms with Gasteiger partial charge in [0, 0.05) is 35.2 Å². The standard InChI is InChI=1S/C27H28ClN3O2/c28-23-7-3-5-20(15-23)18-31-24(16-22-6-1-2-9-26(22)31)19-30-12-10-21(11-13-30)27(32)29-17-25-8-4-14-33-25/h1-9,14-16,21H,10-13,17-19H2,(H,29,32). The summed E-state index contributed by atoms with van der Waals surface area (Å²) in [5, 5.41) is 5.03. The van der Waals surface area contributed by atoms with Crippen molar-refractivity contribution in [1.29, 1.82) is 0 Å². The molecule has 0 spiro atoms. The van der Waals surface area contributed by atoms with Gasteiger partial charge in [-0.2, -0.15) is 0 Å². The van der Waals surface area contributed by atoms with E-state index < -0.39 is 0 Å². The number of nitrogens with zero attached hydrogens (tertiary/aromatic N) is 2. The van der Waals surface area contributed by atoms with Crippen LogP contribution >= 0.6 is 11.6 Å². The van der Waals surface area contributed by atoms with E-state index in [1.165, 1.54) is 22.2 Å². The molecular formula is C27H28ClN3O2. The van der Waals surface area contributed by atoms with Gasteiger partial charge in [-0.1, -0.05) is 41.9 Å². The van der Waals surface area contributed by atoms with Crippen molar-refractivity contribution in [2.24, 2.45) is 5.92 Å². The minimum atomic E-state index is 0.0635. The number of benzene rings is 2. The molecule has 5 rings (SSSR count). The highest BCUT2D eigenvalue weighted by molar-refractivity contribution is 6.30. The van der Waals surface area contributed by atoms with E-state index in [0.29, 0.717) is 6.54 Å². The average Bonchev–Trinajstić information content (AvgIpc) is 3.46. The van der Waals surface area contributed by atoms with Crippen molar-refractivity contribution in [3.8, 4) is 0 Å². The second kappa shape index (κ2) is 9.86. The van der Waals surface area contributed by atoms with Gasteiger partial charge in [-0.25, -0.2) is 0 Å². The highest BCUT2D eigenvalue weighted by atomic mass is 35.5. The fourth-order valence-corrected chi connectivity index (χ4v) is 4.93. The molecular weight excluding hydrogens is 434 g/mol. The third kappa shape index (κ3) is 5.15. The molecule has 1 saturated heterocycles. The second-order valence-corrected chi connectivity index (χ2v) is 9.19. The predicted octanol–water partition coefficient (Wildman–Crippen LogP) is 5.46. The Bertz CT molecular complexity index is 1220. The minimum absolute atomic E-state index is 0.0635. The smallest absolute Gasteiger partial charge is 0.223 e. The van der Waals surface area contributed by atoms with E-state index in [2.05, 4.69) is 51.2 Å². The zero-order valence-corrected chi connectivity index (χ0v) is 19.3. The van der Waals surface area contributed by atoms with Crippen molar-refractivity contribution >= 4 is 28.4 Å². The number of furan rings is 1. The Hall–Kier alpha value is -3.02. The molecule has 1 N–H and O–H groups in total. The SMILES string of the molecule is O=C(NCc1ccco1)C1CCN(Cc2cc3ccccc3n2Cc2cccc(Cl)c2)CC1. The lowest BCUT2D eigenvalue weighted by atomic mass is 9.96. The van der Waals surface area contributed by atoms with Crippen LogP contribution in [0.4, 0.5) is 0 Å². The summed E-state index contributed by atoms with van der Waals surface area (Å²) in [5.41, 5.74) is 3.72. The summed E-state index contributed by atoms with van der Waals surface area (Å²) >= 11 is 6.23. The Labute approximate surface area is 198 Å². The Morgan fingerprint density at radius 2 is 1.85 bits per heavy atom. The van der Waals surface area contributed by atoms with Gasteiger partial charge in [0.05, 0.1) is 12.8 Å². The van der Waals surface area contributed by atoms with Gasteiger partial charge >= 0.3 is 0 Å². The number of halogens is 1. The van der Waals surface area contributed by atoms with Crippen molar-refractivity contribution in [1.82, 2.24) is 14.8 Å². The van der Waals surface area contributed by atoms with Crippen LogP contribution in [0.25, 0.3) is 10.9 Å². The maximum Gasteiger partial charge on any atom is 0.223 e. The van der Waals surface area contributed by atoms with Crippen molar-refractivity contribution < 1.29 is 9.21 Å². The Morgan fingerprint density at radius 3 is 2.64 bits per heavy atom. The quantitative estimate of drug-likeness (QED) is 0.397. The number of nitrogens with one attached hydrogen (secondary N) is 1. The molecule has 0 atom stereocenters. The maximum atomic E-state index is 12.6. The van der Waals surface area contributed by atoms with Crippen LogP contribution in [0.5, 0.6) is 0 Å². The van der Waals surface area contributed by atoms with Crippen LogP contribution in [0.2, 0.25) is 5.02 Å². The number of hydrogen-bond donors (Lipinski definition) is 1. The van der Waals surface area contributed by atoms with Crippen LogP contribution in [-0.2, 0) is 24.4 Å². The van der Waals surface area contributed by atoms with E-state index in [1.54, 1.807) is 6.26 Å². The number of para-hydroxylation sites is 1. The first kappa shape index (κ1) is 21.8. The molecule has 2 aromatic heterocycles. The van der Waals surface area contributed by atoms with Crippen LogP contribution in [0, 0.1) is 5.92 Å². The van der Waals surface area contributed by atoms with Crippen molar-refractivity contribution in [2.75, 3.05) is 13.1 Å². The van der Waals surface area contributed by atoms with Gasteiger partial charge in [-0.05, 0) is 73.3 Å². The number of rotatable bonds is 7. The van der Waals surface area contributed by atoms with E-state index in [0.717, 1.165) is 49.8 Å². The van der Waals surface area contributed by atoms with Crippen LogP contribution in [0.1, 0.15) is 29.9 Å². The molecule has 1 aliphatic heterocycles. The zero-order valence-electron chi connectivity index (χ0n) is 18.5. The van der Waals surface area contributed by atoms with E-state index >= 15 is 0 Å². The normalized spacial score (nSPS) is 15.2. The summed E-state index contributed by atoms with van der Waals surface area (Å²) in [5.74, 6) is 0.975. The molecule has 0 radical (unpaired) electrons. The van der Waals surface area contributed by atoms with E-state index in [1.807, 2.05) is 30.3 Å². The largest absolute Gasteiger partial charge is 0.467 e. The topological polar surface area (TPSA) is 50.4 Å². The van der Waals surface area contributed by atoms with Crippen molar-refractivity contribution in [3.63, 3.8) is 0 Å². The number of amides is 1. The monoisotopic (exact) mass is 461 g/mol. The summed E-state index contributed by atoms with van der Waals surface area (Å²) in [6.07, 6.45) is 3.38. The van der Waals surface area contributed by atoms with Gasteiger partial charge in [0.25, 0.3) is 0 Å². The molecule has 33 heavy (non-hydrogen) atoms. The molecule has 4 aromatic rings.